The molecule has 0 radical (unpaired) electrons. The third kappa shape index (κ3) is 6.16. The maximum absolute atomic E-state index is 14.3. The van der Waals surface area contributed by atoms with Crippen LogP contribution in [0.25, 0.3) is 10.9 Å². The number of fused-ring (bicyclic) bond motifs is 3. The number of hydrogen-bond donors (Lipinski definition) is 0. The second-order valence-corrected chi connectivity index (χ2v) is 10.6. The van der Waals surface area contributed by atoms with Gasteiger partial charge in [-0.15, -0.1) is 0 Å². The van der Waals surface area contributed by atoms with E-state index >= 15 is 0 Å². The molecule has 1 fully saturated rings. The highest BCUT2D eigenvalue weighted by Gasteiger charge is 2.34. The molecule has 1 aliphatic heterocycles. The lowest BCUT2D eigenvalue weighted by Crippen LogP contribution is -2.49. The van der Waals surface area contributed by atoms with Gasteiger partial charge in [0.25, 0.3) is 0 Å². The van der Waals surface area contributed by atoms with Gasteiger partial charge in [0.1, 0.15) is 11.6 Å². The number of esters is 1. The van der Waals surface area contributed by atoms with E-state index in [-0.39, 0.29) is 29.3 Å². The van der Waals surface area contributed by atoms with Crippen LogP contribution in [0.4, 0.5) is 14.5 Å². The van der Waals surface area contributed by atoms with E-state index in [1.165, 1.54) is 24.3 Å². The van der Waals surface area contributed by atoms with Gasteiger partial charge in [0.2, 0.25) is 0 Å². The molecule has 1 unspecified atom stereocenters. The standard InChI is InChI=1S/C31H37F2N3O3/c1-2-39-29(37)6-4-3-5-15-36-27-14-10-24(33)20-26(27)30-28(36)13-7-22(31(30)38)21-34-16-18-35(19-17-34)25-11-8-23(32)9-12-25/h8-12,14,20,22H,2-7,13,15-19,21H2,1H3. The highest BCUT2D eigenvalue weighted by atomic mass is 19.1. The molecule has 6 nitrogen and oxygen atoms in total. The van der Waals surface area contributed by atoms with Crippen molar-refractivity contribution < 1.29 is 23.1 Å². The first-order valence-corrected chi connectivity index (χ1v) is 14.2. The Balaban J connectivity index is 1.24. The predicted octanol–water partition coefficient (Wildman–Crippen LogP) is 5.61. The number of ether oxygens (including phenoxy) is 1. The minimum Gasteiger partial charge on any atom is -0.466 e. The Labute approximate surface area is 228 Å². The first-order valence-electron chi connectivity index (χ1n) is 14.2. The molecule has 0 amide bonds. The molecule has 2 heterocycles. The van der Waals surface area contributed by atoms with Crippen LogP contribution >= 0.6 is 0 Å². The molecule has 2 aromatic carbocycles. The van der Waals surface area contributed by atoms with Crippen molar-refractivity contribution in [3.63, 3.8) is 0 Å². The fourth-order valence-electron chi connectivity index (χ4n) is 6.09. The van der Waals surface area contributed by atoms with Gasteiger partial charge in [-0.05, 0) is 75.1 Å². The number of benzene rings is 2. The molecule has 0 spiro atoms. The Kier molecular flexibility index (Phi) is 8.60. The lowest BCUT2D eigenvalue weighted by atomic mass is 9.84. The second-order valence-electron chi connectivity index (χ2n) is 10.6. The van der Waals surface area contributed by atoms with Crippen LogP contribution in [0.3, 0.4) is 0 Å². The lowest BCUT2D eigenvalue weighted by molar-refractivity contribution is -0.143. The monoisotopic (exact) mass is 537 g/mol. The molecule has 0 N–H and O–H groups in total. The van der Waals surface area contributed by atoms with E-state index in [4.69, 9.17) is 4.74 Å². The third-order valence-electron chi connectivity index (χ3n) is 8.09. The minimum absolute atomic E-state index is 0.109. The molecule has 1 aliphatic carbocycles. The molecule has 3 aromatic rings. The van der Waals surface area contributed by atoms with E-state index in [0.29, 0.717) is 30.5 Å². The highest BCUT2D eigenvalue weighted by Crippen LogP contribution is 2.36. The summed E-state index contributed by atoms with van der Waals surface area (Å²) in [5.41, 5.74) is 3.64. The van der Waals surface area contributed by atoms with Crippen molar-refractivity contribution in [3.8, 4) is 0 Å². The Morgan fingerprint density at radius 1 is 0.974 bits per heavy atom. The quantitative estimate of drug-likeness (QED) is 0.249. The van der Waals surface area contributed by atoms with Crippen molar-refractivity contribution in [2.24, 2.45) is 5.92 Å². The molecule has 8 heteroatoms. The Morgan fingerprint density at radius 2 is 1.72 bits per heavy atom. The number of anilines is 1. The number of unbranched alkanes of at least 4 members (excludes halogenated alkanes) is 2. The average molecular weight is 538 g/mol. The second kappa shape index (κ2) is 12.3. The van der Waals surface area contributed by atoms with Gasteiger partial charge >= 0.3 is 5.97 Å². The molecule has 1 aromatic heterocycles. The van der Waals surface area contributed by atoms with Crippen LogP contribution in [-0.2, 0) is 22.5 Å². The molecule has 208 valence electrons. The summed E-state index contributed by atoms with van der Waals surface area (Å²) in [6.07, 6.45) is 4.52. The molecule has 39 heavy (non-hydrogen) atoms. The summed E-state index contributed by atoms with van der Waals surface area (Å²) in [5, 5.41) is 0.715. The number of piperazine rings is 1. The van der Waals surface area contributed by atoms with Crippen LogP contribution in [0.5, 0.6) is 0 Å². The van der Waals surface area contributed by atoms with E-state index in [1.54, 1.807) is 6.07 Å². The van der Waals surface area contributed by atoms with Gasteiger partial charge in [0.05, 0.1) is 6.61 Å². The van der Waals surface area contributed by atoms with Crippen molar-refractivity contribution in [1.82, 2.24) is 9.47 Å². The first kappa shape index (κ1) is 27.3. The number of aromatic nitrogens is 1. The zero-order valence-corrected chi connectivity index (χ0v) is 22.6. The number of ketones is 1. The number of halogens is 2. The Morgan fingerprint density at radius 3 is 2.46 bits per heavy atom. The van der Waals surface area contributed by atoms with Crippen LogP contribution in [0.2, 0.25) is 0 Å². The van der Waals surface area contributed by atoms with Crippen LogP contribution in [-0.4, -0.2) is 60.6 Å². The zero-order chi connectivity index (χ0) is 27.4. The van der Waals surface area contributed by atoms with Gasteiger partial charge in [-0.25, -0.2) is 8.78 Å². The van der Waals surface area contributed by atoms with E-state index < -0.39 is 0 Å². The van der Waals surface area contributed by atoms with Gasteiger partial charge in [-0.2, -0.15) is 0 Å². The maximum atomic E-state index is 14.3. The highest BCUT2D eigenvalue weighted by molar-refractivity contribution is 6.11. The summed E-state index contributed by atoms with van der Waals surface area (Å²) in [7, 11) is 0. The molecule has 2 aliphatic rings. The number of Topliss-reactive ketones (excluding diaryl/α,β-unsaturated/α-hetero) is 1. The summed E-state index contributed by atoms with van der Waals surface area (Å²) >= 11 is 0. The number of aryl methyl sites for hydroxylation is 1. The van der Waals surface area contributed by atoms with Crippen molar-refractivity contribution in [1.29, 1.82) is 0 Å². The van der Waals surface area contributed by atoms with Crippen molar-refractivity contribution in [2.75, 3.05) is 44.2 Å². The molecule has 0 saturated carbocycles. The van der Waals surface area contributed by atoms with Gasteiger partial charge < -0.3 is 14.2 Å². The fraction of sp³-hybridized carbons (Fsp3) is 0.484. The summed E-state index contributed by atoms with van der Waals surface area (Å²) in [6.45, 7) is 7.00. The number of rotatable bonds is 10. The van der Waals surface area contributed by atoms with Gasteiger partial charge in [-0.1, -0.05) is 6.42 Å². The van der Waals surface area contributed by atoms with Crippen LogP contribution in [0.15, 0.2) is 42.5 Å². The number of carbonyl (C=O) groups excluding carboxylic acids is 2. The summed E-state index contributed by atoms with van der Waals surface area (Å²) in [5.74, 6) is -0.715. The van der Waals surface area contributed by atoms with Crippen molar-refractivity contribution in [2.45, 2.75) is 52.0 Å². The first-order chi connectivity index (χ1) is 18.9. The van der Waals surface area contributed by atoms with E-state index in [2.05, 4.69) is 14.4 Å². The minimum atomic E-state index is -0.330. The van der Waals surface area contributed by atoms with Gasteiger partial charge in [-0.3, -0.25) is 14.5 Å². The van der Waals surface area contributed by atoms with Crippen LogP contribution < -0.4 is 4.90 Å². The van der Waals surface area contributed by atoms with E-state index in [1.807, 2.05) is 19.1 Å². The summed E-state index contributed by atoms with van der Waals surface area (Å²) < 4.78 is 34.8. The lowest BCUT2D eigenvalue weighted by Gasteiger charge is -2.38. The fourth-order valence-corrected chi connectivity index (χ4v) is 6.09. The number of hydrogen-bond acceptors (Lipinski definition) is 5. The molecule has 5 rings (SSSR count). The Hall–Kier alpha value is -3.26. The molecule has 0 bridgehead atoms. The van der Waals surface area contributed by atoms with Crippen LogP contribution in [0.1, 0.15) is 55.1 Å². The molecule has 1 atom stereocenters. The smallest absolute Gasteiger partial charge is 0.305 e. The topological polar surface area (TPSA) is 54.8 Å². The Bertz CT molecular complexity index is 1310. The summed E-state index contributed by atoms with van der Waals surface area (Å²) in [4.78, 5) is 30.0. The van der Waals surface area contributed by atoms with Gasteiger partial charge in [0, 0.05) is 79.5 Å². The maximum Gasteiger partial charge on any atom is 0.305 e. The third-order valence-corrected chi connectivity index (χ3v) is 8.09. The zero-order valence-electron chi connectivity index (χ0n) is 22.6. The average Bonchev–Trinajstić information content (AvgIpc) is 3.24. The van der Waals surface area contributed by atoms with Crippen molar-refractivity contribution >= 4 is 28.3 Å². The number of carbonyl (C=O) groups is 2. The SMILES string of the molecule is CCOC(=O)CCCCCn1c2c(c3cc(F)ccc31)C(=O)C(CN1CCN(c3ccc(F)cc3)CC1)CC2. The number of nitrogens with zero attached hydrogens (tertiary/aromatic N) is 3. The molecule has 1 saturated heterocycles. The van der Waals surface area contributed by atoms with Gasteiger partial charge in [0.15, 0.2) is 5.78 Å². The van der Waals surface area contributed by atoms with E-state index in [0.717, 1.165) is 81.7 Å². The molecular formula is C31H37F2N3O3. The van der Waals surface area contributed by atoms with Crippen molar-refractivity contribution in [3.05, 3.63) is 65.4 Å². The van der Waals surface area contributed by atoms with Crippen LogP contribution in [0, 0.1) is 17.6 Å². The predicted molar refractivity (Wildman–Crippen MR) is 148 cm³/mol. The van der Waals surface area contributed by atoms with E-state index in [9.17, 15) is 18.4 Å². The largest absolute Gasteiger partial charge is 0.466 e. The molecular weight excluding hydrogens is 500 g/mol. The summed E-state index contributed by atoms with van der Waals surface area (Å²) in [6, 6.07) is 11.4. The normalized spacial score (nSPS) is 18.0.